The summed E-state index contributed by atoms with van der Waals surface area (Å²) >= 11 is 0. The van der Waals surface area contributed by atoms with Crippen LogP contribution in [0, 0.1) is 0 Å². The van der Waals surface area contributed by atoms with E-state index in [0.29, 0.717) is 31.8 Å². The van der Waals surface area contributed by atoms with Crippen molar-refractivity contribution >= 4 is 16.0 Å². The molecule has 1 aliphatic heterocycles. The first-order valence-corrected chi connectivity index (χ1v) is 12.9. The standard InChI is InChI=1S/C22H36N4O3S/c1-3-15-30(28,29)26-13-11-18(12-14-26)25-22(23-4-2)24-16-20-19-8-6-5-7-17(19)9-10-21(20)27/h9-10,18,27H,3-8,11-16H2,1-2H3,(H2,23,24,25). The van der Waals surface area contributed by atoms with Crippen LogP contribution in [0.4, 0.5) is 0 Å². The summed E-state index contributed by atoms with van der Waals surface area (Å²) in [5, 5.41) is 17.2. The molecule has 1 aromatic rings. The third kappa shape index (κ3) is 5.66. The van der Waals surface area contributed by atoms with Crippen LogP contribution in [-0.4, -0.2) is 55.2 Å². The smallest absolute Gasteiger partial charge is 0.214 e. The molecule has 0 radical (unpaired) electrons. The molecule has 0 unspecified atom stereocenters. The van der Waals surface area contributed by atoms with Gasteiger partial charge in [-0.25, -0.2) is 17.7 Å². The number of benzene rings is 1. The summed E-state index contributed by atoms with van der Waals surface area (Å²) in [5.41, 5.74) is 3.53. The molecule has 1 aliphatic carbocycles. The highest BCUT2D eigenvalue weighted by atomic mass is 32.2. The van der Waals surface area contributed by atoms with E-state index >= 15 is 0 Å². The summed E-state index contributed by atoms with van der Waals surface area (Å²) in [5.74, 6) is 1.27. The molecule has 168 valence electrons. The third-order valence-electron chi connectivity index (χ3n) is 6.02. The maximum Gasteiger partial charge on any atom is 0.214 e. The fourth-order valence-electron chi connectivity index (χ4n) is 4.41. The summed E-state index contributed by atoms with van der Waals surface area (Å²) < 4.78 is 26.2. The Morgan fingerprint density at radius 1 is 1.20 bits per heavy atom. The van der Waals surface area contributed by atoms with Crippen LogP contribution in [0.5, 0.6) is 5.75 Å². The Morgan fingerprint density at radius 2 is 1.93 bits per heavy atom. The van der Waals surface area contributed by atoms with E-state index < -0.39 is 10.0 Å². The van der Waals surface area contributed by atoms with Crippen LogP contribution in [0.15, 0.2) is 17.1 Å². The zero-order valence-electron chi connectivity index (χ0n) is 18.3. The van der Waals surface area contributed by atoms with Crippen molar-refractivity contribution in [2.75, 3.05) is 25.4 Å². The highest BCUT2D eigenvalue weighted by molar-refractivity contribution is 7.89. The number of aromatic hydroxyl groups is 1. The van der Waals surface area contributed by atoms with Crippen molar-refractivity contribution in [3.05, 3.63) is 28.8 Å². The first-order valence-electron chi connectivity index (χ1n) is 11.3. The van der Waals surface area contributed by atoms with E-state index in [9.17, 15) is 13.5 Å². The summed E-state index contributed by atoms with van der Waals surface area (Å²) in [6.45, 7) is 6.20. The first kappa shape index (κ1) is 22.9. The van der Waals surface area contributed by atoms with Crippen LogP contribution < -0.4 is 10.6 Å². The van der Waals surface area contributed by atoms with E-state index in [2.05, 4.69) is 10.6 Å². The summed E-state index contributed by atoms with van der Waals surface area (Å²) in [6.07, 6.45) is 6.61. The van der Waals surface area contributed by atoms with Gasteiger partial charge in [-0.2, -0.15) is 0 Å². The fraction of sp³-hybridized carbons (Fsp3) is 0.682. The minimum Gasteiger partial charge on any atom is -0.508 e. The molecule has 1 fully saturated rings. The minimum absolute atomic E-state index is 0.189. The Balaban J connectivity index is 1.64. The lowest BCUT2D eigenvalue weighted by molar-refractivity contribution is 0.306. The fourth-order valence-corrected chi connectivity index (χ4v) is 5.95. The summed E-state index contributed by atoms with van der Waals surface area (Å²) in [6, 6.07) is 4.03. The largest absolute Gasteiger partial charge is 0.508 e. The number of piperidine rings is 1. The number of phenols is 1. The molecule has 8 heteroatoms. The van der Waals surface area contributed by atoms with Gasteiger partial charge in [-0.3, -0.25) is 0 Å². The van der Waals surface area contributed by atoms with E-state index in [4.69, 9.17) is 4.99 Å². The van der Waals surface area contributed by atoms with Crippen molar-refractivity contribution in [3.8, 4) is 5.75 Å². The van der Waals surface area contributed by atoms with Gasteiger partial charge in [-0.15, -0.1) is 0 Å². The molecular formula is C22H36N4O3S. The number of aryl methyl sites for hydroxylation is 1. The topological polar surface area (TPSA) is 94.0 Å². The predicted octanol–water partition coefficient (Wildman–Crippen LogP) is 2.53. The van der Waals surface area contributed by atoms with Crippen molar-refractivity contribution < 1.29 is 13.5 Å². The molecule has 1 aromatic carbocycles. The van der Waals surface area contributed by atoms with Crippen molar-refractivity contribution in [2.24, 2.45) is 4.99 Å². The molecule has 1 heterocycles. The molecule has 0 saturated carbocycles. The van der Waals surface area contributed by atoms with Gasteiger partial charge in [0.1, 0.15) is 5.75 Å². The molecule has 0 bridgehead atoms. The molecule has 1 saturated heterocycles. The highest BCUT2D eigenvalue weighted by Crippen LogP contribution is 2.31. The quantitative estimate of drug-likeness (QED) is 0.451. The van der Waals surface area contributed by atoms with Gasteiger partial charge in [0.05, 0.1) is 12.3 Å². The number of fused-ring (bicyclic) bond motifs is 1. The molecule has 7 nitrogen and oxygen atoms in total. The molecular weight excluding hydrogens is 400 g/mol. The lowest BCUT2D eigenvalue weighted by Crippen LogP contribution is -2.50. The van der Waals surface area contributed by atoms with Crippen LogP contribution in [-0.2, 0) is 29.4 Å². The number of nitrogens with zero attached hydrogens (tertiary/aromatic N) is 2. The van der Waals surface area contributed by atoms with Crippen molar-refractivity contribution in [3.63, 3.8) is 0 Å². The van der Waals surface area contributed by atoms with Crippen LogP contribution in [0.3, 0.4) is 0 Å². The Kier molecular flexibility index (Phi) is 7.99. The second-order valence-corrected chi connectivity index (χ2v) is 10.3. The van der Waals surface area contributed by atoms with Crippen LogP contribution in [0.1, 0.15) is 62.6 Å². The van der Waals surface area contributed by atoms with E-state index in [1.807, 2.05) is 19.9 Å². The SMILES string of the molecule is CCCS(=O)(=O)N1CCC(NC(=NCc2c(O)ccc3c2CCCC3)NCC)CC1. The molecule has 0 spiro atoms. The van der Waals surface area contributed by atoms with Gasteiger partial charge in [0.2, 0.25) is 10.0 Å². The maximum absolute atomic E-state index is 12.3. The van der Waals surface area contributed by atoms with E-state index in [-0.39, 0.29) is 11.8 Å². The number of rotatable bonds is 7. The number of hydrogen-bond acceptors (Lipinski definition) is 4. The lowest BCUT2D eigenvalue weighted by Gasteiger charge is -2.32. The van der Waals surface area contributed by atoms with Gasteiger partial charge in [0.25, 0.3) is 0 Å². The normalized spacial score (nSPS) is 18.8. The van der Waals surface area contributed by atoms with E-state index in [0.717, 1.165) is 50.2 Å². The first-order chi connectivity index (χ1) is 14.4. The van der Waals surface area contributed by atoms with Crippen LogP contribution >= 0.6 is 0 Å². The predicted molar refractivity (Wildman–Crippen MR) is 121 cm³/mol. The highest BCUT2D eigenvalue weighted by Gasteiger charge is 2.27. The third-order valence-corrected chi connectivity index (χ3v) is 8.09. The average molecular weight is 437 g/mol. The van der Waals surface area contributed by atoms with Crippen molar-refractivity contribution in [1.82, 2.24) is 14.9 Å². The molecule has 2 aliphatic rings. The number of nitrogens with one attached hydrogen (secondary N) is 2. The van der Waals surface area contributed by atoms with Crippen molar-refractivity contribution in [1.29, 1.82) is 0 Å². The monoisotopic (exact) mass is 436 g/mol. The van der Waals surface area contributed by atoms with Gasteiger partial charge >= 0.3 is 0 Å². The summed E-state index contributed by atoms with van der Waals surface area (Å²) in [7, 11) is -3.12. The van der Waals surface area contributed by atoms with Gasteiger partial charge < -0.3 is 15.7 Å². The van der Waals surface area contributed by atoms with Gasteiger partial charge in [-0.1, -0.05) is 13.0 Å². The molecule has 0 aromatic heterocycles. The number of phenolic OH excluding ortho intramolecular Hbond substituents is 1. The Morgan fingerprint density at radius 3 is 2.63 bits per heavy atom. The summed E-state index contributed by atoms with van der Waals surface area (Å²) in [4.78, 5) is 4.75. The van der Waals surface area contributed by atoms with E-state index in [1.54, 1.807) is 10.4 Å². The van der Waals surface area contributed by atoms with Crippen molar-refractivity contribution in [2.45, 2.75) is 71.4 Å². The molecule has 3 N–H and O–H groups in total. The zero-order chi connectivity index (χ0) is 21.6. The molecule has 30 heavy (non-hydrogen) atoms. The number of guanidine groups is 1. The maximum atomic E-state index is 12.3. The van der Waals surface area contributed by atoms with Crippen LogP contribution in [0.2, 0.25) is 0 Å². The Labute approximate surface area is 181 Å². The Bertz CT molecular complexity index is 846. The van der Waals surface area contributed by atoms with Gasteiger partial charge in [0, 0.05) is 31.2 Å². The minimum atomic E-state index is -3.12. The number of aliphatic imine (C=N–C) groups is 1. The van der Waals surface area contributed by atoms with Gasteiger partial charge in [0.15, 0.2) is 5.96 Å². The second kappa shape index (κ2) is 10.5. The molecule has 0 atom stereocenters. The van der Waals surface area contributed by atoms with Gasteiger partial charge in [-0.05, 0) is 69.1 Å². The Hall–Kier alpha value is -1.80. The zero-order valence-corrected chi connectivity index (χ0v) is 19.1. The average Bonchev–Trinajstić information content (AvgIpc) is 2.73. The number of sulfonamides is 1. The molecule has 0 amide bonds. The lowest BCUT2D eigenvalue weighted by atomic mass is 9.88. The van der Waals surface area contributed by atoms with Crippen LogP contribution in [0.25, 0.3) is 0 Å². The molecule has 3 rings (SSSR count). The number of hydrogen-bond donors (Lipinski definition) is 3. The van der Waals surface area contributed by atoms with E-state index in [1.165, 1.54) is 17.5 Å². The second-order valence-electron chi connectivity index (χ2n) is 8.24.